The van der Waals surface area contributed by atoms with Crippen molar-refractivity contribution < 1.29 is 14.3 Å². The number of hydrogen-bond donors (Lipinski definition) is 1. The summed E-state index contributed by atoms with van der Waals surface area (Å²) in [6.07, 6.45) is 0. The van der Waals surface area contributed by atoms with Gasteiger partial charge in [-0.25, -0.2) is 0 Å². The molecule has 1 unspecified atom stereocenters. The molecule has 0 radical (unpaired) electrons. The Labute approximate surface area is 175 Å². The second-order valence-electron chi connectivity index (χ2n) is 8.93. The van der Waals surface area contributed by atoms with Gasteiger partial charge in [0.1, 0.15) is 11.5 Å². The molecule has 2 rings (SSSR count). The van der Waals surface area contributed by atoms with E-state index in [0.717, 1.165) is 33.8 Å². The predicted molar refractivity (Wildman–Crippen MR) is 119 cm³/mol. The maximum Gasteiger partial charge on any atom is 0.258 e. The summed E-state index contributed by atoms with van der Waals surface area (Å²) in [7, 11) is 1.69. The third kappa shape index (κ3) is 5.75. The summed E-state index contributed by atoms with van der Waals surface area (Å²) >= 11 is 0. The molecule has 0 bridgehead atoms. The molecule has 0 saturated heterocycles. The Morgan fingerprint density at radius 1 is 1.03 bits per heavy atom. The number of carbonyl (C=O) groups excluding carboxylic acids is 1. The lowest BCUT2D eigenvalue weighted by Gasteiger charge is -2.23. The zero-order valence-electron chi connectivity index (χ0n) is 19.1. The molecule has 4 nitrogen and oxygen atoms in total. The molecule has 0 saturated carbocycles. The quantitative estimate of drug-likeness (QED) is 0.654. The van der Waals surface area contributed by atoms with Gasteiger partial charge >= 0.3 is 0 Å². The van der Waals surface area contributed by atoms with Crippen molar-refractivity contribution in [2.75, 3.05) is 13.7 Å². The lowest BCUT2D eigenvalue weighted by atomic mass is 9.86. The molecule has 0 heterocycles. The van der Waals surface area contributed by atoms with Crippen molar-refractivity contribution in [2.45, 2.75) is 65.8 Å². The smallest absolute Gasteiger partial charge is 0.258 e. The van der Waals surface area contributed by atoms with Crippen molar-refractivity contribution in [3.05, 3.63) is 58.7 Å². The van der Waals surface area contributed by atoms with Crippen LogP contribution < -0.4 is 14.8 Å². The second kappa shape index (κ2) is 9.34. The number of methoxy groups -OCH3 is 1. The molecule has 29 heavy (non-hydrogen) atoms. The number of carbonyl (C=O) groups is 1. The van der Waals surface area contributed by atoms with Crippen molar-refractivity contribution >= 4 is 5.91 Å². The Morgan fingerprint density at radius 3 is 2.28 bits per heavy atom. The normalized spacial score (nSPS) is 12.6. The highest BCUT2D eigenvalue weighted by Crippen LogP contribution is 2.32. The van der Waals surface area contributed by atoms with E-state index in [1.165, 1.54) is 0 Å². The van der Waals surface area contributed by atoms with Gasteiger partial charge in [0.05, 0.1) is 13.2 Å². The van der Waals surface area contributed by atoms with E-state index >= 15 is 0 Å². The van der Waals surface area contributed by atoms with Crippen molar-refractivity contribution in [1.29, 1.82) is 0 Å². The van der Waals surface area contributed by atoms with Gasteiger partial charge in [0.2, 0.25) is 0 Å². The molecule has 2 aromatic rings. The third-order valence-electron chi connectivity index (χ3n) is 5.14. The number of ether oxygens (including phenoxy) is 2. The van der Waals surface area contributed by atoms with Gasteiger partial charge in [-0.3, -0.25) is 4.79 Å². The van der Waals surface area contributed by atoms with Crippen molar-refractivity contribution in [3.63, 3.8) is 0 Å². The number of benzene rings is 2. The molecule has 1 N–H and O–H groups in total. The molecule has 0 aliphatic heterocycles. The van der Waals surface area contributed by atoms with Crippen LogP contribution in [0.5, 0.6) is 11.5 Å². The van der Waals surface area contributed by atoms with Crippen LogP contribution in [0.2, 0.25) is 0 Å². The van der Waals surface area contributed by atoms with E-state index in [1.54, 1.807) is 7.11 Å². The fourth-order valence-corrected chi connectivity index (χ4v) is 3.53. The summed E-state index contributed by atoms with van der Waals surface area (Å²) in [5.74, 6) is 1.85. The first kappa shape index (κ1) is 22.8. The fraction of sp³-hybridized carbons (Fsp3) is 0.480. The summed E-state index contributed by atoms with van der Waals surface area (Å²) in [5, 5.41) is 3.06. The van der Waals surface area contributed by atoms with Crippen LogP contribution in [0.4, 0.5) is 0 Å². The number of para-hydroxylation sites is 1. The van der Waals surface area contributed by atoms with E-state index < -0.39 is 0 Å². The van der Waals surface area contributed by atoms with Crippen molar-refractivity contribution in [2.24, 2.45) is 0 Å². The summed E-state index contributed by atoms with van der Waals surface area (Å²) in [6.45, 7) is 14.7. The van der Waals surface area contributed by atoms with Crippen LogP contribution in [0.25, 0.3) is 0 Å². The SMILES string of the molecule is COc1cc(C)c(C(C)NC(=O)COc2ccccc2C(C)(C)C)cc1C(C)C. The first-order valence-corrected chi connectivity index (χ1v) is 10.2. The molecule has 0 aliphatic rings. The average molecular weight is 398 g/mol. The monoisotopic (exact) mass is 397 g/mol. The molecular weight excluding hydrogens is 362 g/mol. The number of nitrogens with one attached hydrogen (secondary N) is 1. The van der Waals surface area contributed by atoms with Gasteiger partial charge in [-0.1, -0.05) is 52.8 Å². The summed E-state index contributed by atoms with van der Waals surface area (Å²) < 4.78 is 11.4. The first-order valence-electron chi connectivity index (χ1n) is 10.2. The zero-order valence-corrected chi connectivity index (χ0v) is 19.1. The average Bonchev–Trinajstić information content (AvgIpc) is 2.65. The molecule has 158 valence electrons. The minimum Gasteiger partial charge on any atom is -0.496 e. The van der Waals surface area contributed by atoms with Crippen LogP contribution in [-0.4, -0.2) is 19.6 Å². The Morgan fingerprint density at radius 2 is 1.69 bits per heavy atom. The standard InChI is InChI=1S/C25H35NO3/c1-16(2)19-14-20(17(3)13-23(19)28-8)18(4)26-24(27)15-29-22-12-10-9-11-21(22)25(5,6)7/h9-14,16,18H,15H2,1-8H3,(H,26,27). The number of aryl methyl sites for hydroxylation is 1. The van der Waals surface area contributed by atoms with Crippen molar-refractivity contribution in [3.8, 4) is 11.5 Å². The number of hydrogen-bond acceptors (Lipinski definition) is 3. The molecular formula is C25H35NO3. The molecule has 0 spiro atoms. The molecule has 2 aromatic carbocycles. The maximum absolute atomic E-state index is 12.6. The van der Waals surface area contributed by atoms with E-state index in [2.05, 4.69) is 46.0 Å². The van der Waals surface area contributed by atoms with Crippen LogP contribution in [0, 0.1) is 6.92 Å². The third-order valence-corrected chi connectivity index (χ3v) is 5.14. The highest BCUT2D eigenvalue weighted by Gasteiger charge is 2.20. The Balaban J connectivity index is 2.10. The van der Waals surface area contributed by atoms with E-state index in [1.807, 2.05) is 44.2 Å². The Kier molecular flexibility index (Phi) is 7.34. The predicted octanol–water partition coefficient (Wildman–Crippen LogP) is 5.68. The van der Waals surface area contributed by atoms with E-state index in [-0.39, 0.29) is 24.0 Å². The number of amides is 1. The molecule has 1 atom stereocenters. The highest BCUT2D eigenvalue weighted by molar-refractivity contribution is 5.78. The summed E-state index contributed by atoms with van der Waals surface area (Å²) in [6, 6.07) is 12.0. The van der Waals surface area contributed by atoms with E-state index in [9.17, 15) is 4.79 Å². The van der Waals surface area contributed by atoms with Crippen molar-refractivity contribution in [1.82, 2.24) is 5.32 Å². The van der Waals surface area contributed by atoms with Gasteiger partial charge in [-0.15, -0.1) is 0 Å². The van der Waals surface area contributed by atoms with Gasteiger partial charge in [0.25, 0.3) is 5.91 Å². The van der Waals surface area contributed by atoms with E-state index in [0.29, 0.717) is 5.92 Å². The highest BCUT2D eigenvalue weighted by atomic mass is 16.5. The molecule has 0 aromatic heterocycles. The molecule has 0 aliphatic carbocycles. The van der Waals surface area contributed by atoms with Crippen LogP contribution in [0.15, 0.2) is 36.4 Å². The first-order chi connectivity index (χ1) is 13.5. The summed E-state index contributed by atoms with van der Waals surface area (Å²) in [5.41, 5.74) is 4.38. The minimum absolute atomic E-state index is 0.0102. The zero-order chi connectivity index (χ0) is 21.8. The van der Waals surface area contributed by atoms with Crippen LogP contribution in [0.1, 0.15) is 75.8 Å². The van der Waals surface area contributed by atoms with Gasteiger partial charge in [-0.2, -0.15) is 0 Å². The Bertz CT molecular complexity index is 850. The molecule has 0 fully saturated rings. The fourth-order valence-electron chi connectivity index (χ4n) is 3.53. The lowest BCUT2D eigenvalue weighted by Crippen LogP contribution is -2.32. The minimum atomic E-state index is -0.137. The van der Waals surface area contributed by atoms with Gasteiger partial charge in [0, 0.05) is 0 Å². The van der Waals surface area contributed by atoms with E-state index in [4.69, 9.17) is 9.47 Å². The summed E-state index contributed by atoms with van der Waals surface area (Å²) in [4.78, 5) is 12.6. The second-order valence-corrected chi connectivity index (χ2v) is 8.93. The topological polar surface area (TPSA) is 47.6 Å². The maximum atomic E-state index is 12.6. The Hall–Kier alpha value is -2.49. The van der Waals surface area contributed by atoms with Crippen LogP contribution >= 0.6 is 0 Å². The van der Waals surface area contributed by atoms with Crippen LogP contribution in [0.3, 0.4) is 0 Å². The number of rotatable bonds is 7. The van der Waals surface area contributed by atoms with Gasteiger partial charge in [-0.05, 0) is 65.6 Å². The molecule has 4 heteroatoms. The van der Waals surface area contributed by atoms with Gasteiger partial charge < -0.3 is 14.8 Å². The molecule has 1 amide bonds. The largest absolute Gasteiger partial charge is 0.496 e. The van der Waals surface area contributed by atoms with Gasteiger partial charge in [0.15, 0.2) is 6.61 Å². The lowest BCUT2D eigenvalue weighted by molar-refractivity contribution is -0.123. The van der Waals surface area contributed by atoms with Crippen LogP contribution in [-0.2, 0) is 10.2 Å².